The predicted molar refractivity (Wildman–Crippen MR) is 209 cm³/mol. The summed E-state index contributed by atoms with van der Waals surface area (Å²) in [5, 5.41) is 10.8. The SMILES string of the molecule is CC1(C)CCC=[N+]1[O-].CCC1=C(CC)C2=NC1=CC1=NC(=CC3=NC(=CC4=NC(=C2)C(CC)=C4CC)C(CC)C3CC)C(CC)=C1CC.[C-]#[O+].[Ru]. The average Bonchev–Trinajstić information content (AvgIpc) is 3.89. The van der Waals surface area contributed by atoms with Gasteiger partial charge in [-0.2, -0.15) is 0 Å². The van der Waals surface area contributed by atoms with Gasteiger partial charge >= 0.3 is 11.3 Å². The van der Waals surface area contributed by atoms with E-state index in [1.54, 1.807) is 6.21 Å². The summed E-state index contributed by atoms with van der Waals surface area (Å²) < 4.78 is 8.55. The van der Waals surface area contributed by atoms with Crippen LogP contribution in [0.1, 0.15) is 133 Å². The fourth-order valence-corrected chi connectivity index (χ4v) is 8.23. The largest absolute Gasteiger partial charge is 0 e. The monoisotopic (exact) mass is 777 g/mol. The van der Waals surface area contributed by atoms with Crippen LogP contribution >= 0.6 is 0 Å². The molecular weight excluding hydrogens is 720 g/mol. The summed E-state index contributed by atoms with van der Waals surface area (Å²) in [4.78, 5) is 21.1. The molecule has 0 aromatic heterocycles. The van der Waals surface area contributed by atoms with Crippen LogP contribution in [0.3, 0.4) is 0 Å². The van der Waals surface area contributed by atoms with Crippen molar-refractivity contribution in [2.24, 2.45) is 31.8 Å². The molecule has 6 aliphatic rings. The summed E-state index contributed by atoms with van der Waals surface area (Å²) in [6.07, 6.45) is 20.7. The van der Waals surface area contributed by atoms with Gasteiger partial charge in [-0.25, -0.2) is 19.7 Å². The van der Waals surface area contributed by atoms with Gasteiger partial charge in [0.25, 0.3) is 0 Å². The normalized spacial score (nSPS) is 23.0. The molecule has 0 spiro atoms. The maximum atomic E-state index is 10.8. The number of hydroxylamine groups is 1. The number of aliphatic imine (C=N–C) groups is 4. The molecule has 6 heterocycles. The van der Waals surface area contributed by atoms with Gasteiger partial charge in [-0.15, -0.1) is 0 Å². The summed E-state index contributed by atoms with van der Waals surface area (Å²) in [6, 6.07) is 0. The molecule has 0 saturated carbocycles. The molecule has 2 unspecified atom stereocenters. The molecule has 0 amide bonds. The van der Waals surface area contributed by atoms with Crippen molar-refractivity contribution in [3.8, 4) is 0 Å². The zero-order valence-electron chi connectivity index (χ0n) is 32.5. The van der Waals surface area contributed by atoms with Crippen LogP contribution < -0.4 is 0 Å². The van der Waals surface area contributed by atoms with Gasteiger partial charge in [0.15, 0.2) is 11.8 Å². The minimum absolute atomic E-state index is 0. The second-order valence-corrected chi connectivity index (χ2v) is 14.1. The summed E-state index contributed by atoms with van der Waals surface area (Å²) in [7, 11) is 0. The van der Waals surface area contributed by atoms with Crippen molar-refractivity contribution >= 4 is 29.1 Å². The molecule has 6 aliphatic heterocycles. The molecule has 8 bridgehead atoms. The molecule has 0 radical (unpaired) electrons. The minimum Gasteiger partial charge on any atom is 0 e. The van der Waals surface area contributed by atoms with E-state index in [1.165, 1.54) is 44.8 Å². The Morgan fingerprint density at radius 2 is 1.02 bits per heavy atom. The van der Waals surface area contributed by atoms with Gasteiger partial charge in [0, 0.05) is 69.4 Å². The van der Waals surface area contributed by atoms with Crippen LogP contribution in [0.4, 0.5) is 0 Å². The molecule has 6 rings (SSSR count). The van der Waals surface area contributed by atoms with Crippen LogP contribution in [0, 0.1) is 23.7 Å². The third-order valence-electron chi connectivity index (χ3n) is 10.9. The number of nitrogens with zero attached hydrogens (tertiary/aromatic N) is 5. The van der Waals surface area contributed by atoms with Gasteiger partial charge in [0.1, 0.15) is 0 Å². The first kappa shape index (κ1) is 42.1. The third-order valence-corrected chi connectivity index (χ3v) is 10.9. The van der Waals surface area contributed by atoms with Crippen LogP contribution in [0.25, 0.3) is 0 Å². The molecule has 0 aromatic carbocycles. The molecule has 274 valence electrons. The van der Waals surface area contributed by atoms with E-state index in [1.807, 2.05) is 13.8 Å². The topological polar surface area (TPSA) is 95.4 Å². The van der Waals surface area contributed by atoms with Gasteiger partial charge in [0.05, 0.1) is 34.2 Å². The second kappa shape index (κ2) is 18.4. The zero-order chi connectivity index (χ0) is 36.7. The number of fused-ring (bicyclic) bond motifs is 4. The Morgan fingerprint density at radius 3 is 1.33 bits per heavy atom. The van der Waals surface area contributed by atoms with Crippen LogP contribution in [0.2, 0.25) is 0 Å². The van der Waals surface area contributed by atoms with E-state index in [-0.39, 0.29) is 25.0 Å². The van der Waals surface area contributed by atoms with Crippen molar-refractivity contribution in [2.75, 3.05) is 0 Å². The van der Waals surface area contributed by atoms with E-state index in [0.29, 0.717) is 11.8 Å². The second-order valence-electron chi connectivity index (χ2n) is 14.1. The van der Waals surface area contributed by atoms with Crippen molar-refractivity contribution in [1.82, 2.24) is 0 Å². The van der Waals surface area contributed by atoms with Crippen molar-refractivity contribution in [2.45, 2.75) is 139 Å². The molecule has 2 atom stereocenters. The minimum atomic E-state index is -0.125. The summed E-state index contributed by atoms with van der Waals surface area (Å²) in [5.74, 6) is 0.806. The van der Waals surface area contributed by atoms with Crippen LogP contribution in [-0.2, 0) is 24.1 Å². The quantitative estimate of drug-likeness (QED) is 0.0793. The van der Waals surface area contributed by atoms with Gasteiger partial charge < -0.3 is 5.21 Å². The van der Waals surface area contributed by atoms with Crippen molar-refractivity contribution < 1.29 is 28.9 Å². The molecule has 0 saturated heterocycles. The Bertz CT molecular complexity index is 1780. The first-order valence-electron chi connectivity index (χ1n) is 19.0. The van der Waals surface area contributed by atoms with Gasteiger partial charge in [-0.3, -0.25) is 4.99 Å². The Hall–Kier alpha value is -3.31. The predicted octanol–water partition coefficient (Wildman–Crippen LogP) is 10.9. The van der Waals surface area contributed by atoms with Gasteiger partial charge in [-0.1, -0.05) is 55.4 Å². The molecule has 51 heavy (non-hydrogen) atoms. The summed E-state index contributed by atoms with van der Waals surface area (Å²) in [6.45, 7) is 26.5. The van der Waals surface area contributed by atoms with E-state index in [0.717, 1.165) is 103 Å². The summed E-state index contributed by atoms with van der Waals surface area (Å²) in [5.41, 5.74) is 16.8. The fraction of sp³-hybridized carbons (Fsp3) is 0.535. The van der Waals surface area contributed by atoms with E-state index in [9.17, 15) is 5.21 Å². The molecule has 0 N–H and O–H groups in total. The molecule has 0 aliphatic carbocycles. The number of rotatable bonds is 8. The van der Waals surface area contributed by atoms with Crippen LogP contribution in [-0.4, -0.2) is 39.3 Å². The molecular formula is C43H57N5O2Ru. The fourth-order valence-electron chi connectivity index (χ4n) is 8.23. The van der Waals surface area contributed by atoms with Crippen molar-refractivity contribution in [3.05, 3.63) is 92.4 Å². The molecule has 7 nitrogen and oxygen atoms in total. The Morgan fingerprint density at radius 1 is 0.627 bits per heavy atom. The van der Waals surface area contributed by atoms with Crippen molar-refractivity contribution in [3.63, 3.8) is 0 Å². The smallest absolute Gasteiger partial charge is 0 e. The Kier molecular flexibility index (Phi) is 15.2. The van der Waals surface area contributed by atoms with Crippen molar-refractivity contribution in [1.29, 1.82) is 0 Å². The maximum Gasteiger partial charge on any atom is 0 e. The van der Waals surface area contributed by atoms with Crippen LogP contribution in [0.15, 0.2) is 101 Å². The first-order valence-corrected chi connectivity index (χ1v) is 19.0. The summed E-state index contributed by atoms with van der Waals surface area (Å²) >= 11 is 0. The van der Waals surface area contributed by atoms with Gasteiger partial charge in [0.2, 0.25) is 0 Å². The Balaban J connectivity index is 0.000000557. The number of hydrogen-bond donors (Lipinski definition) is 0. The van der Waals surface area contributed by atoms with E-state index >= 15 is 0 Å². The van der Waals surface area contributed by atoms with E-state index in [2.05, 4.69) is 86.3 Å². The van der Waals surface area contributed by atoms with Crippen LogP contribution in [0.5, 0.6) is 0 Å². The van der Waals surface area contributed by atoms with Gasteiger partial charge in [-0.05, 0) is 109 Å². The zero-order valence-corrected chi connectivity index (χ0v) is 34.3. The van der Waals surface area contributed by atoms with E-state index < -0.39 is 0 Å². The Labute approximate surface area is 319 Å². The third kappa shape index (κ3) is 8.35. The molecule has 8 heteroatoms. The molecule has 0 aromatic rings. The number of allylic oxidation sites excluding steroid dienone is 11. The number of hydrogen-bond acceptors (Lipinski definition) is 5. The standard InChI is InChI=1S/C36H46N4.C6H11NO.CO.Ru/c1-9-21-22(10-2)30-18-32-25(13-5)26(14-6)34(39-32)20-36-28(16-8)27(15-7)35(40-36)19-33-24(12-4)23(11-3)31(38-33)17-29(21)37-30;1-6(2)4-3-5-7(6)8;1-2;/h17-22H,9-16H2,1-8H3;5H,3-4H2,1-2H3;;. The maximum absolute atomic E-state index is 10.8. The molecule has 0 fully saturated rings. The van der Waals surface area contributed by atoms with E-state index in [4.69, 9.17) is 24.6 Å². The first-order chi connectivity index (χ1) is 24.1. The average molecular weight is 777 g/mol.